The highest BCUT2D eigenvalue weighted by Crippen LogP contribution is 2.07. The van der Waals surface area contributed by atoms with Crippen LogP contribution in [0.4, 0.5) is 4.79 Å². The number of amides is 1. The quantitative estimate of drug-likeness (QED) is 0.590. The first-order valence-electron chi connectivity index (χ1n) is 5.00. The second kappa shape index (κ2) is 6.58. The van der Waals surface area contributed by atoms with Gasteiger partial charge in [-0.2, -0.15) is 0 Å². The standard InChI is InChI=1S/C10H16BrNO5/c1-10(2,3)17-9(16)12-5-4-6(13)7(11)8(14)15/h7H,4-5H2,1-3H3,(H,12,16)(H,14,15). The molecule has 6 nitrogen and oxygen atoms in total. The number of carbonyl (C=O) groups is 3. The van der Waals surface area contributed by atoms with Crippen molar-refractivity contribution in [3.05, 3.63) is 0 Å². The number of carbonyl (C=O) groups excluding carboxylic acids is 2. The molecule has 1 amide bonds. The van der Waals surface area contributed by atoms with E-state index in [0.717, 1.165) is 0 Å². The molecule has 2 N–H and O–H groups in total. The van der Waals surface area contributed by atoms with Gasteiger partial charge in [-0.1, -0.05) is 15.9 Å². The number of rotatable bonds is 5. The van der Waals surface area contributed by atoms with E-state index in [-0.39, 0.29) is 13.0 Å². The Morgan fingerprint density at radius 3 is 2.29 bits per heavy atom. The van der Waals surface area contributed by atoms with E-state index < -0.39 is 28.3 Å². The van der Waals surface area contributed by atoms with Crippen molar-refractivity contribution in [2.24, 2.45) is 0 Å². The van der Waals surface area contributed by atoms with E-state index in [4.69, 9.17) is 9.84 Å². The van der Waals surface area contributed by atoms with Gasteiger partial charge < -0.3 is 15.2 Å². The summed E-state index contributed by atoms with van der Waals surface area (Å²) in [5, 5.41) is 10.9. The minimum atomic E-state index is -1.24. The van der Waals surface area contributed by atoms with Crippen molar-refractivity contribution >= 4 is 33.8 Å². The predicted molar refractivity (Wildman–Crippen MR) is 64.2 cm³/mol. The van der Waals surface area contributed by atoms with Gasteiger partial charge in [0.05, 0.1) is 0 Å². The molecule has 0 aromatic carbocycles. The largest absolute Gasteiger partial charge is 0.480 e. The van der Waals surface area contributed by atoms with Gasteiger partial charge >= 0.3 is 12.1 Å². The fourth-order valence-electron chi connectivity index (χ4n) is 0.866. The summed E-state index contributed by atoms with van der Waals surface area (Å²) in [5.74, 6) is -1.75. The zero-order chi connectivity index (χ0) is 13.6. The maximum Gasteiger partial charge on any atom is 0.407 e. The van der Waals surface area contributed by atoms with Crippen LogP contribution >= 0.6 is 15.9 Å². The number of carboxylic acid groups (broad SMARTS) is 1. The molecule has 0 spiro atoms. The number of halogens is 1. The molecule has 0 aliphatic carbocycles. The molecule has 7 heteroatoms. The van der Waals surface area contributed by atoms with Gasteiger partial charge in [-0.05, 0) is 20.8 Å². The maximum absolute atomic E-state index is 11.2. The van der Waals surface area contributed by atoms with Crippen LogP contribution in [0, 0.1) is 0 Å². The van der Waals surface area contributed by atoms with Crippen LogP contribution in [0.3, 0.4) is 0 Å². The van der Waals surface area contributed by atoms with Gasteiger partial charge in [0.2, 0.25) is 0 Å². The molecule has 0 aliphatic heterocycles. The number of alkyl carbamates (subject to hydrolysis) is 1. The lowest BCUT2D eigenvalue weighted by Crippen LogP contribution is -2.35. The van der Waals surface area contributed by atoms with Gasteiger partial charge in [-0.15, -0.1) is 0 Å². The first kappa shape index (κ1) is 15.9. The molecule has 98 valence electrons. The number of alkyl halides is 1. The van der Waals surface area contributed by atoms with E-state index in [9.17, 15) is 14.4 Å². The van der Waals surface area contributed by atoms with Gasteiger partial charge in [-0.3, -0.25) is 9.59 Å². The summed E-state index contributed by atoms with van der Waals surface area (Å²) in [6.45, 7) is 5.20. The van der Waals surface area contributed by atoms with Crippen molar-refractivity contribution in [2.75, 3.05) is 6.54 Å². The first-order chi connectivity index (χ1) is 7.63. The number of ketones is 1. The zero-order valence-electron chi connectivity index (χ0n) is 9.95. The smallest absolute Gasteiger partial charge is 0.407 e. The van der Waals surface area contributed by atoms with E-state index in [2.05, 4.69) is 21.2 Å². The second-order valence-corrected chi connectivity index (χ2v) is 5.26. The Balaban J connectivity index is 3.89. The lowest BCUT2D eigenvalue weighted by molar-refractivity contribution is -0.139. The summed E-state index contributed by atoms with van der Waals surface area (Å²) in [7, 11) is 0. The Kier molecular flexibility index (Phi) is 6.15. The number of hydrogen-bond donors (Lipinski definition) is 2. The van der Waals surface area contributed by atoms with Gasteiger partial charge in [0.1, 0.15) is 5.60 Å². The van der Waals surface area contributed by atoms with Crippen LogP contribution in [0.15, 0.2) is 0 Å². The van der Waals surface area contributed by atoms with Crippen LogP contribution in [0.25, 0.3) is 0 Å². The van der Waals surface area contributed by atoms with Crippen molar-refractivity contribution in [3.63, 3.8) is 0 Å². The minimum absolute atomic E-state index is 0.0448. The molecule has 0 aromatic rings. The zero-order valence-corrected chi connectivity index (χ0v) is 11.5. The summed E-state index contributed by atoms with van der Waals surface area (Å²) in [4.78, 5) is 31.6. The SMILES string of the molecule is CC(C)(C)OC(=O)NCCC(=O)C(Br)C(=O)O. The van der Waals surface area contributed by atoms with E-state index in [1.165, 1.54) is 0 Å². The van der Waals surface area contributed by atoms with Crippen LogP contribution in [0.2, 0.25) is 0 Å². The highest BCUT2D eigenvalue weighted by molar-refractivity contribution is 9.10. The molecule has 0 saturated carbocycles. The summed E-state index contributed by atoms with van der Waals surface area (Å²) >= 11 is 2.73. The highest BCUT2D eigenvalue weighted by atomic mass is 79.9. The number of Topliss-reactive ketones (excluding diaryl/α,β-unsaturated/α-hetero) is 1. The van der Waals surface area contributed by atoms with Gasteiger partial charge in [-0.25, -0.2) is 4.79 Å². The topological polar surface area (TPSA) is 92.7 Å². The van der Waals surface area contributed by atoms with Crippen molar-refractivity contribution in [2.45, 2.75) is 37.6 Å². The van der Waals surface area contributed by atoms with Crippen LogP contribution in [0.1, 0.15) is 27.2 Å². The lowest BCUT2D eigenvalue weighted by atomic mass is 10.2. The number of hydrogen-bond acceptors (Lipinski definition) is 4. The molecule has 0 aromatic heterocycles. The summed E-state index contributed by atoms with van der Waals surface area (Å²) in [5.41, 5.74) is -0.604. The monoisotopic (exact) mass is 309 g/mol. The molecule has 17 heavy (non-hydrogen) atoms. The molecular formula is C10H16BrNO5. The summed E-state index contributed by atoms with van der Waals surface area (Å²) < 4.78 is 4.94. The Bertz CT molecular complexity index is 310. The molecule has 0 radical (unpaired) electrons. The summed E-state index contributed by atoms with van der Waals surface area (Å²) in [6, 6.07) is 0. The van der Waals surface area contributed by atoms with Crippen LogP contribution in [0.5, 0.6) is 0 Å². The van der Waals surface area contributed by atoms with Crippen LogP contribution < -0.4 is 5.32 Å². The first-order valence-corrected chi connectivity index (χ1v) is 5.91. The maximum atomic E-state index is 11.2. The average Bonchev–Trinajstić information content (AvgIpc) is 2.13. The van der Waals surface area contributed by atoms with Gasteiger partial charge in [0.25, 0.3) is 0 Å². The molecule has 0 aliphatic rings. The van der Waals surface area contributed by atoms with Crippen molar-refractivity contribution in [1.29, 1.82) is 0 Å². The van der Waals surface area contributed by atoms with E-state index in [1.54, 1.807) is 20.8 Å². The van der Waals surface area contributed by atoms with Gasteiger partial charge in [0, 0.05) is 13.0 Å². The van der Waals surface area contributed by atoms with Crippen LogP contribution in [-0.2, 0) is 14.3 Å². The van der Waals surface area contributed by atoms with Crippen molar-refractivity contribution in [1.82, 2.24) is 5.32 Å². The van der Waals surface area contributed by atoms with Crippen molar-refractivity contribution in [3.8, 4) is 0 Å². The molecule has 0 saturated heterocycles. The molecule has 0 bridgehead atoms. The molecular weight excluding hydrogens is 294 g/mol. The predicted octanol–water partition coefficient (Wildman–Crippen LogP) is 1.32. The van der Waals surface area contributed by atoms with E-state index in [0.29, 0.717) is 0 Å². The third-order valence-corrected chi connectivity index (χ3v) is 2.44. The number of ether oxygens (including phenoxy) is 1. The second-order valence-electron chi connectivity index (χ2n) is 4.35. The lowest BCUT2D eigenvalue weighted by Gasteiger charge is -2.19. The molecule has 0 rings (SSSR count). The fourth-order valence-corrected chi connectivity index (χ4v) is 1.10. The number of carboxylic acids is 1. The Labute approximate surface area is 108 Å². The van der Waals surface area contributed by atoms with Crippen LogP contribution in [-0.4, -0.2) is 39.9 Å². The third-order valence-electron chi connectivity index (χ3n) is 1.54. The average molecular weight is 310 g/mol. The highest BCUT2D eigenvalue weighted by Gasteiger charge is 2.22. The summed E-state index contributed by atoms with van der Waals surface area (Å²) in [6.07, 6.45) is -0.701. The Morgan fingerprint density at radius 1 is 1.35 bits per heavy atom. The van der Waals surface area contributed by atoms with Crippen molar-refractivity contribution < 1.29 is 24.2 Å². The molecule has 0 fully saturated rings. The third kappa shape index (κ3) is 7.73. The number of aliphatic carboxylic acids is 1. The van der Waals surface area contributed by atoms with E-state index >= 15 is 0 Å². The van der Waals surface area contributed by atoms with Gasteiger partial charge in [0.15, 0.2) is 10.6 Å². The number of nitrogens with one attached hydrogen (secondary N) is 1. The molecule has 0 heterocycles. The Morgan fingerprint density at radius 2 is 1.88 bits per heavy atom. The fraction of sp³-hybridized carbons (Fsp3) is 0.700. The van der Waals surface area contributed by atoms with E-state index in [1.807, 2.05) is 0 Å². The molecule has 1 atom stereocenters. The Hall–Kier alpha value is -1.11. The minimum Gasteiger partial charge on any atom is -0.480 e. The molecule has 1 unspecified atom stereocenters. The normalized spacial score (nSPS) is 12.7.